The molecule has 2 aromatic carbocycles. The fraction of sp³-hybridized carbons (Fsp3) is 0.292. The zero-order valence-electron chi connectivity index (χ0n) is 17.8. The SMILES string of the molecule is Cc1ccccc1C[NH+]1CCN(C(=O)c2nn(-c3ccccc3F)c(C)cc2=O)CC1. The molecule has 0 atom stereocenters. The lowest BCUT2D eigenvalue weighted by Gasteiger charge is -2.32. The number of para-hydroxylation sites is 1. The Morgan fingerprint density at radius 3 is 2.45 bits per heavy atom. The van der Waals surface area contributed by atoms with Crippen LogP contribution in [0.2, 0.25) is 0 Å². The summed E-state index contributed by atoms with van der Waals surface area (Å²) in [6.45, 7) is 7.39. The van der Waals surface area contributed by atoms with Gasteiger partial charge in [-0.3, -0.25) is 9.59 Å². The molecule has 2 heterocycles. The number of quaternary nitrogens is 1. The fourth-order valence-electron chi connectivity index (χ4n) is 3.99. The van der Waals surface area contributed by atoms with E-state index in [1.54, 1.807) is 30.0 Å². The first-order valence-corrected chi connectivity index (χ1v) is 10.5. The van der Waals surface area contributed by atoms with E-state index in [1.807, 2.05) is 12.1 Å². The third-order valence-electron chi connectivity index (χ3n) is 5.85. The summed E-state index contributed by atoms with van der Waals surface area (Å²) in [5.41, 5.74) is 2.65. The summed E-state index contributed by atoms with van der Waals surface area (Å²) in [5, 5.41) is 4.24. The molecule has 6 nitrogen and oxygen atoms in total. The van der Waals surface area contributed by atoms with Gasteiger partial charge in [0.2, 0.25) is 5.43 Å². The van der Waals surface area contributed by atoms with Crippen molar-refractivity contribution in [1.82, 2.24) is 14.7 Å². The molecule has 0 bridgehead atoms. The Bertz CT molecular complexity index is 1170. The number of rotatable bonds is 4. The molecule has 7 heteroatoms. The third-order valence-corrected chi connectivity index (χ3v) is 5.85. The van der Waals surface area contributed by atoms with E-state index in [1.165, 1.54) is 32.8 Å². The standard InChI is InChI=1S/C24H25FN4O2/c1-17-7-3-4-8-19(17)16-27-11-13-28(14-12-27)24(31)23-22(30)15-18(2)29(26-23)21-10-6-5-9-20(21)25/h3-10,15H,11-14,16H2,1-2H3/p+1. The second-order valence-corrected chi connectivity index (χ2v) is 8.01. The number of hydrogen-bond donors (Lipinski definition) is 1. The average Bonchev–Trinajstić information content (AvgIpc) is 2.76. The number of carbonyl (C=O) groups excluding carboxylic acids is 1. The zero-order chi connectivity index (χ0) is 22.0. The van der Waals surface area contributed by atoms with Gasteiger partial charge in [-0.15, -0.1) is 0 Å². The molecule has 1 fully saturated rings. The molecule has 1 aromatic heterocycles. The first kappa shape index (κ1) is 20.9. The molecule has 1 N–H and O–H groups in total. The Balaban J connectivity index is 1.50. The predicted octanol–water partition coefficient (Wildman–Crippen LogP) is 1.53. The van der Waals surface area contributed by atoms with Gasteiger partial charge in [0, 0.05) is 17.3 Å². The zero-order valence-corrected chi connectivity index (χ0v) is 17.8. The van der Waals surface area contributed by atoms with Gasteiger partial charge < -0.3 is 9.80 Å². The van der Waals surface area contributed by atoms with Crippen LogP contribution in [0.3, 0.4) is 0 Å². The van der Waals surface area contributed by atoms with Crippen LogP contribution >= 0.6 is 0 Å². The lowest BCUT2D eigenvalue weighted by atomic mass is 10.1. The van der Waals surface area contributed by atoms with Crippen molar-refractivity contribution in [1.29, 1.82) is 0 Å². The van der Waals surface area contributed by atoms with Crippen molar-refractivity contribution in [3.8, 4) is 5.69 Å². The van der Waals surface area contributed by atoms with Gasteiger partial charge in [0.1, 0.15) is 18.0 Å². The molecule has 3 aromatic rings. The van der Waals surface area contributed by atoms with Crippen LogP contribution in [0.25, 0.3) is 5.69 Å². The Kier molecular flexibility index (Phi) is 5.95. The van der Waals surface area contributed by atoms with Crippen molar-refractivity contribution in [3.63, 3.8) is 0 Å². The number of nitrogens with one attached hydrogen (secondary N) is 1. The highest BCUT2D eigenvalue weighted by atomic mass is 19.1. The molecular weight excluding hydrogens is 395 g/mol. The quantitative estimate of drug-likeness (QED) is 0.695. The summed E-state index contributed by atoms with van der Waals surface area (Å²) < 4.78 is 15.6. The van der Waals surface area contributed by atoms with E-state index in [0.29, 0.717) is 18.8 Å². The molecule has 4 rings (SSSR count). The molecule has 1 aliphatic rings. The van der Waals surface area contributed by atoms with Gasteiger partial charge in [0.15, 0.2) is 5.69 Å². The van der Waals surface area contributed by atoms with E-state index < -0.39 is 17.2 Å². The van der Waals surface area contributed by atoms with Crippen molar-refractivity contribution < 1.29 is 14.1 Å². The van der Waals surface area contributed by atoms with Crippen LogP contribution < -0.4 is 10.3 Å². The third kappa shape index (κ3) is 4.41. The van der Waals surface area contributed by atoms with Gasteiger partial charge in [0.25, 0.3) is 5.91 Å². The molecule has 1 saturated heterocycles. The van der Waals surface area contributed by atoms with Gasteiger partial charge in [0.05, 0.1) is 26.2 Å². The Labute approximate surface area is 180 Å². The van der Waals surface area contributed by atoms with Gasteiger partial charge in [-0.1, -0.05) is 36.4 Å². The van der Waals surface area contributed by atoms with Crippen molar-refractivity contribution in [2.75, 3.05) is 26.2 Å². The topological polar surface area (TPSA) is 59.6 Å². The summed E-state index contributed by atoms with van der Waals surface area (Å²) >= 11 is 0. The number of aryl methyl sites for hydroxylation is 2. The van der Waals surface area contributed by atoms with Crippen LogP contribution in [0.1, 0.15) is 27.3 Å². The first-order chi connectivity index (χ1) is 14.9. The molecule has 0 aliphatic carbocycles. The van der Waals surface area contributed by atoms with Gasteiger partial charge in [-0.2, -0.15) is 5.10 Å². The van der Waals surface area contributed by atoms with Crippen LogP contribution in [-0.2, 0) is 6.54 Å². The van der Waals surface area contributed by atoms with Gasteiger partial charge >= 0.3 is 0 Å². The van der Waals surface area contributed by atoms with Gasteiger partial charge in [-0.25, -0.2) is 9.07 Å². The van der Waals surface area contributed by atoms with E-state index >= 15 is 0 Å². The number of nitrogens with zero attached hydrogens (tertiary/aromatic N) is 3. The van der Waals surface area contributed by atoms with E-state index in [-0.39, 0.29) is 11.4 Å². The van der Waals surface area contributed by atoms with Crippen molar-refractivity contribution in [2.24, 2.45) is 0 Å². The van der Waals surface area contributed by atoms with Crippen LogP contribution in [0, 0.1) is 19.7 Å². The Hall–Kier alpha value is -3.32. The van der Waals surface area contributed by atoms with Crippen LogP contribution in [-0.4, -0.2) is 46.8 Å². The van der Waals surface area contributed by atoms with E-state index in [9.17, 15) is 14.0 Å². The minimum atomic E-state index is -0.464. The lowest BCUT2D eigenvalue weighted by Crippen LogP contribution is -3.13. The number of amides is 1. The van der Waals surface area contributed by atoms with E-state index in [0.717, 1.165) is 19.6 Å². The summed E-state index contributed by atoms with van der Waals surface area (Å²) in [5.74, 6) is -0.862. The molecule has 1 aliphatic heterocycles. The maximum atomic E-state index is 14.3. The van der Waals surface area contributed by atoms with Crippen LogP contribution in [0.15, 0.2) is 59.4 Å². The number of piperazine rings is 1. The normalized spacial score (nSPS) is 14.6. The molecule has 0 unspecified atom stereocenters. The summed E-state index contributed by atoms with van der Waals surface area (Å²) in [4.78, 5) is 28.7. The fourth-order valence-corrected chi connectivity index (χ4v) is 3.99. The maximum Gasteiger partial charge on any atom is 0.278 e. The summed E-state index contributed by atoms with van der Waals surface area (Å²) in [6.07, 6.45) is 0. The molecule has 0 spiro atoms. The lowest BCUT2D eigenvalue weighted by molar-refractivity contribution is -0.917. The number of hydrogen-bond acceptors (Lipinski definition) is 3. The monoisotopic (exact) mass is 421 g/mol. The molecular formula is C24H26FN4O2+. The maximum absolute atomic E-state index is 14.3. The minimum Gasteiger partial charge on any atom is -0.328 e. The highest BCUT2D eigenvalue weighted by molar-refractivity contribution is 5.92. The highest BCUT2D eigenvalue weighted by Crippen LogP contribution is 2.13. The predicted molar refractivity (Wildman–Crippen MR) is 116 cm³/mol. The second kappa shape index (κ2) is 8.81. The summed E-state index contributed by atoms with van der Waals surface area (Å²) in [6, 6.07) is 15.8. The van der Waals surface area contributed by atoms with Crippen LogP contribution in [0.4, 0.5) is 4.39 Å². The van der Waals surface area contributed by atoms with E-state index in [4.69, 9.17) is 0 Å². The number of aromatic nitrogens is 2. The summed E-state index contributed by atoms with van der Waals surface area (Å²) in [7, 11) is 0. The van der Waals surface area contributed by atoms with Crippen molar-refractivity contribution >= 4 is 5.91 Å². The molecule has 160 valence electrons. The Morgan fingerprint density at radius 1 is 1.06 bits per heavy atom. The number of halogens is 1. The molecule has 0 saturated carbocycles. The van der Waals surface area contributed by atoms with Crippen molar-refractivity contribution in [2.45, 2.75) is 20.4 Å². The van der Waals surface area contributed by atoms with Crippen LogP contribution in [0.5, 0.6) is 0 Å². The molecule has 1 amide bonds. The highest BCUT2D eigenvalue weighted by Gasteiger charge is 2.28. The van der Waals surface area contributed by atoms with Gasteiger partial charge in [-0.05, 0) is 31.5 Å². The van der Waals surface area contributed by atoms with E-state index in [2.05, 4.69) is 24.2 Å². The minimum absolute atomic E-state index is 0.170. The Morgan fingerprint density at radius 2 is 1.74 bits per heavy atom. The number of carbonyl (C=O) groups is 1. The number of benzene rings is 2. The van der Waals surface area contributed by atoms with Crippen molar-refractivity contribution in [3.05, 3.63) is 93.2 Å². The molecule has 0 radical (unpaired) electrons. The average molecular weight is 421 g/mol. The largest absolute Gasteiger partial charge is 0.328 e. The first-order valence-electron chi connectivity index (χ1n) is 10.5. The second-order valence-electron chi connectivity index (χ2n) is 8.01. The smallest absolute Gasteiger partial charge is 0.278 e. The molecule has 31 heavy (non-hydrogen) atoms.